The molecule has 0 radical (unpaired) electrons. The van der Waals surface area contributed by atoms with Crippen molar-refractivity contribution in [1.29, 1.82) is 0 Å². The first kappa shape index (κ1) is 14.9. The number of carbonyl (C=O) groups is 1. The number of anilines is 1. The fourth-order valence-electron chi connectivity index (χ4n) is 2.10. The number of hydrogen-bond acceptors (Lipinski definition) is 4. The maximum absolute atomic E-state index is 12.1. The van der Waals surface area contributed by atoms with Crippen LogP contribution in [0.4, 0.5) is 5.69 Å². The number of hydrogen-bond donors (Lipinski definition) is 1. The van der Waals surface area contributed by atoms with E-state index in [4.69, 9.17) is 9.47 Å². The Balaban J connectivity index is 2.49. The highest BCUT2D eigenvalue weighted by atomic mass is 16.5. The summed E-state index contributed by atoms with van der Waals surface area (Å²) in [5.74, 6) is 0.465. The molecular formula is C17H19NO3. The first-order chi connectivity index (χ1) is 10.2. The fraction of sp³-hybridized carbons (Fsp3) is 0.235. The van der Waals surface area contributed by atoms with Crippen molar-refractivity contribution in [3.8, 4) is 16.9 Å². The SMILES string of the molecule is CCOC(=O)c1ccc(NC)cc1-c1ccc(OC)cc1. The summed E-state index contributed by atoms with van der Waals surface area (Å²) in [6.45, 7) is 2.15. The summed E-state index contributed by atoms with van der Waals surface area (Å²) in [5, 5.41) is 3.08. The maximum atomic E-state index is 12.1. The van der Waals surface area contributed by atoms with Gasteiger partial charge in [-0.05, 0) is 48.4 Å². The molecule has 2 aromatic rings. The molecule has 4 nitrogen and oxygen atoms in total. The van der Waals surface area contributed by atoms with Crippen molar-refractivity contribution in [3.63, 3.8) is 0 Å². The summed E-state index contributed by atoms with van der Waals surface area (Å²) in [7, 11) is 3.47. The molecule has 0 unspecified atom stereocenters. The summed E-state index contributed by atoms with van der Waals surface area (Å²) in [4.78, 5) is 12.1. The van der Waals surface area contributed by atoms with Crippen LogP contribution in [0.2, 0.25) is 0 Å². The predicted octanol–water partition coefficient (Wildman–Crippen LogP) is 3.58. The zero-order valence-corrected chi connectivity index (χ0v) is 12.5. The number of methoxy groups -OCH3 is 1. The van der Waals surface area contributed by atoms with Gasteiger partial charge in [-0.2, -0.15) is 0 Å². The third-order valence-corrected chi connectivity index (χ3v) is 3.20. The van der Waals surface area contributed by atoms with Gasteiger partial charge in [0.05, 0.1) is 19.3 Å². The summed E-state index contributed by atoms with van der Waals surface area (Å²) in [6.07, 6.45) is 0. The lowest BCUT2D eigenvalue weighted by Gasteiger charge is -2.12. The predicted molar refractivity (Wildman–Crippen MR) is 83.9 cm³/mol. The number of rotatable bonds is 5. The standard InChI is InChI=1S/C17H19NO3/c1-4-21-17(19)15-10-7-13(18-2)11-16(15)12-5-8-14(20-3)9-6-12/h5-11,18H,4H2,1-3H3. The van der Waals surface area contributed by atoms with Crippen LogP contribution in [0.15, 0.2) is 42.5 Å². The van der Waals surface area contributed by atoms with Gasteiger partial charge in [0.25, 0.3) is 0 Å². The molecule has 0 aromatic heterocycles. The zero-order valence-electron chi connectivity index (χ0n) is 12.5. The van der Waals surface area contributed by atoms with Gasteiger partial charge in [0.2, 0.25) is 0 Å². The Hall–Kier alpha value is -2.49. The lowest BCUT2D eigenvalue weighted by molar-refractivity contribution is 0.0527. The van der Waals surface area contributed by atoms with Crippen LogP contribution in [-0.4, -0.2) is 26.7 Å². The molecule has 4 heteroatoms. The van der Waals surface area contributed by atoms with E-state index in [-0.39, 0.29) is 5.97 Å². The highest BCUT2D eigenvalue weighted by Crippen LogP contribution is 2.29. The minimum absolute atomic E-state index is 0.314. The van der Waals surface area contributed by atoms with E-state index < -0.39 is 0 Å². The normalized spacial score (nSPS) is 10.0. The van der Waals surface area contributed by atoms with E-state index in [0.29, 0.717) is 12.2 Å². The van der Waals surface area contributed by atoms with Crippen LogP contribution in [0.5, 0.6) is 5.75 Å². The van der Waals surface area contributed by atoms with Crippen LogP contribution in [0.25, 0.3) is 11.1 Å². The van der Waals surface area contributed by atoms with Gasteiger partial charge >= 0.3 is 5.97 Å². The van der Waals surface area contributed by atoms with E-state index in [2.05, 4.69) is 5.32 Å². The Labute approximate surface area is 124 Å². The van der Waals surface area contributed by atoms with E-state index in [1.165, 1.54) is 0 Å². The highest BCUT2D eigenvalue weighted by Gasteiger charge is 2.14. The van der Waals surface area contributed by atoms with E-state index in [0.717, 1.165) is 22.6 Å². The first-order valence-electron chi connectivity index (χ1n) is 6.83. The van der Waals surface area contributed by atoms with Gasteiger partial charge in [-0.15, -0.1) is 0 Å². The van der Waals surface area contributed by atoms with Crippen molar-refractivity contribution in [2.24, 2.45) is 0 Å². The van der Waals surface area contributed by atoms with Gasteiger partial charge < -0.3 is 14.8 Å². The summed E-state index contributed by atoms with van der Waals surface area (Å²) in [6, 6.07) is 13.2. The van der Waals surface area contributed by atoms with Gasteiger partial charge in [-0.25, -0.2) is 4.79 Å². The molecule has 0 saturated carbocycles. The van der Waals surface area contributed by atoms with Crippen molar-refractivity contribution in [2.75, 3.05) is 26.1 Å². The summed E-state index contributed by atoms with van der Waals surface area (Å²) in [5.41, 5.74) is 3.27. The Morgan fingerprint density at radius 2 is 1.86 bits per heavy atom. The second-order valence-corrected chi connectivity index (χ2v) is 4.46. The van der Waals surface area contributed by atoms with Crippen molar-refractivity contribution in [3.05, 3.63) is 48.0 Å². The molecule has 0 bridgehead atoms. The molecule has 110 valence electrons. The molecule has 0 atom stereocenters. The van der Waals surface area contributed by atoms with Gasteiger partial charge in [-0.3, -0.25) is 0 Å². The van der Waals surface area contributed by atoms with Crippen molar-refractivity contribution in [1.82, 2.24) is 0 Å². The van der Waals surface area contributed by atoms with E-state index in [1.54, 1.807) is 20.1 Å². The lowest BCUT2D eigenvalue weighted by Crippen LogP contribution is -2.07. The van der Waals surface area contributed by atoms with Crippen LogP contribution in [0.3, 0.4) is 0 Å². The van der Waals surface area contributed by atoms with Gasteiger partial charge in [0.15, 0.2) is 0 Å². The molecule has 0 aliphatic heterocycles. The lowest BCUT2D eigenvalue weighted by atomic mass is 9.98. The van der Waals surface area contributed by atoms with Gasteiger partial charge in [0.1, 0.15) is 5.75 Å². The fourth-order valence-corrected chi connectivity index (χ4v) is 2.10. The largest absolute Gasteiger partial charge is 0.497 e. The van der Waals surface area contributed by atoms with Gasteiger partial charge in [0, 0.05) is 12.7 Å². The van der Waals surface area contributed by atoms with E-state index in [1.807, 2.05) is 43.4 Å². The monoisotopic (exact) mass is 285 g/mol. The number of benzene rings is 2. The molecule has 0 fully saturated rings. The average molecular weight is 285 g/mol. The van der Waals surface area contributed by atoms with Crippen LogP contribution in [-0.2, 0) is 4.74 Å². The average Bonchev–Trinajstić information content (AvgIpc) is 2.54. The molecule has 0 spiro atoms. The number of carbonyl (C=O) groups excluding carboxylic acids is 1. The molecule has 0 amide bonds. The Kier molecular flexibility index (Phi) is 4.82. The molecule has 2 aromatic carbocycles. The molecule has 0 saturated heterocycles. The molecule has 0 aliphatic rings. The minimum Gasteiger partial charge on any atom is -0.497 e. The summed E-state index contributed by atoms with van der Waals surface area (Å²) < 4.78 is 10.3. The van der Waals surface area contributed by atoms with Crippen LogP contribution < -0.4 is 10.1 Å². The molecule has 2 rings (SSSR count). The van der Waals surface area contributed by atoms with E-state index >= 15 is 0 Å². The molecule has 21 heavy (non-hydrogen) atoms. The molecule has 0 aliphatic carbocycles. The zero-order chi connectivity index (χ0) is 15.2. The topological polar surface area (TPSA) is 47.6 Å². The first-order valence-corrected chi connectivity index (χ1v) is 6.83. The van der Waals surface area contributed by atoms with Crippen LogP contribution in [0.1, 0.15) is 17.3 Å². The van der Waals surface area contributed by atoms with Crippen LogP contribution in [0, 0.1) is 0 Å². The van der Waals surface area contributed by atoms with Crippen molar-refractivity contribution in [2.45, 2.75) is 6.92 Å². The maximum Gasteiger partial charge on any atom is 0.338 e. The Morgan fingerprint density at radius 1 is 1.14 bits per heavy atom. The third-order valence-electron chi connectivity index (χ3n) is 3.20. The van der Waals surface area contributed by atoms with Crippen molar-refractivity contribution >= 4 is 11.7 Å². The molecule has 0 heterocycles. The molecule has 1 N–H and O–H groups in total. The summed E-state index contributed by atoms with van der Waals surface area (Å²) >= 11 is 0. The molecular weight excluding hydrogens is 266 g/mol. The van der Waals surface area contributed by atoms with Gasteiger partial charge in [-0.1, -0.05) is 12.1 Å². The smallest absolute Gasteiger partial charge is 0.338 e. The number of nitrogens with one attached hydrogen (secondary N) is 1. The van der Waals surface area contributed by atoms with E-state index in [9.17, 15) is 4.79 Å². The van der Waals surface area contributed by atoms with Crippen LogP contribution >= 0.6 is 0 Å². The third kappa shape index (κ3) is 3.34. The second-order valence-electron chi connectivity index (χ2n) is 4.46. The quantitative estimate of drug-likeness (QED) is 0.853. The Bertz CT molecular complexity index is 620. The number of ether oxygens (including phenoxy) is 2. The minimum atomic E-state index is -0.314. The highest BCUT2D eigenvalue weighted by molar-refractivity contribution is 5.98. The second kappa shape index (κ2) is 6.79. The van der Waals surface area contributed by atoms with Crippen molar-refractivity contribution < 1.29 is 14.3 Å². The number of esters is 1. The Morgan fingerprint density at radius 3 is 2.43 bits per heavy atom.